The Morgan fingerprint density at radius 1 is 1.36 bits per heavy atom. The smallest absolute Gasteiger partial charge is 0.307 e. The Bertz CT molecular complexity index is 625. The molecule has 0 aliphatic heterocycles. The third-order valence-electron chi connectivity index (χ3n) is 3.23. The summed E-state index contributed by atoms with van der Waals surface area (Å²) in [5.74, 6) is -1.37. The van der Waals surface area contributed by atoms with Crippen molar-refractivity contribution in [3.63, 3.8) is 0 Å². The Hall–Kier alpha value is -1.60. The fourth-order valence-electron chi connectivity index (χ4n) is 2.12. The fourth-order valence-corrected chi connectivity index (χ4v) is 3.46. The zero-order chi connectivity index (χ0) is 16.9. The number of aryl methyl sites for hydroxylation is 1. The molecule has 1 atom stereocenters. The number of nitrogens with one attached hydrogen (secondary N) is 1. The van der Waals surface area contributed by atoms with Crippen LogP contribution < -0.4 is 9.46 Å². The molecule has 22 heavy (non-hydrogen) atoms. The van der Waals surface area contributed by atoms with E-state index in [1.165, 1.54) is 13.2 Å². The molecular formula is C15H23NO5S. The predicted octanol–water partition coefficient (Wildman–Crippen LogP) is 2.03. The summed E-state index contributed by atoms with van der Waals surface area (Å²) in [4.78, 5) is 11.2. The maximum atomic E-state index is 12.4. The minimum atomic E-state index is -3.83. The van der Waals surface area contributed by atoms with Gasteiger partial charge in [-0.1, -0.05) is 19.9 Å². The summed E-state index contributed by atoms with van der Waals surface area (Å²) in [5, 5.41) is 9.17. The fraction of sp³-hybridized carbons (Fsp3) is 0.533. The second-order valence-electron chi connectivity index (χ2n) is 5.67. The monoisotopic (exact) mass is 329 g/mol. The lowest BCUT2D eigenvalue weighted by atomic mass is 9.98. The van der Waals surface area contributed by atoms with Crippen molar-refractivity contribution in [2.24, 2.45) is 11.8 Å². The molecule has 0 fully saturated rings. The number of hydrogen-bond donors (Lipinski definition) is 2. The minimum absolute atomic E-state index is 0.0173. The lowest BCUT2D eigenvalue weighted by molar-refractivity contribution is -0.142. The number of hydrogen-bond acceptors (Lipinski definition) is 4. The molecule has 1 aromatic carbocycles. The third-order valence-corrected chi connectivity index (χ3v) is 4.68. The van der Waals surface area contributed by atoms with E-state index >= 15 is 0 Å². The molecule has 1 unspecified atom stereocenters. The summed E-state index contributed by atoms with van der Waals surface area (Å²) in [6.07, 6.45) is 0.406. The summed E-state index contributed by atoms with van der Waals surface area (Å²) in [6, 6.07) is 4.82. The molecular weight excluding hydrogens is 306 g/mol. The zero-order valence-electron chi connectivity index (χ0n) is 13.3. The molecule has 0 saturated heterocycles. The maximum absolute atomic E-state index is 12.4. The Morgan fingerprint density at radius 3 is 2.50 bits per heavy atom. The van der Waals surface area contributed by atoms with Crippen LogP contribution >= 0.6 is 0 Å². The van der Waals surface area contributed by atoms with Crippen LogP contribution in [0.3, 0.4) is 0 Å². The number of carboxylic acid groups (broad SMARTS) is 1. The lowest BCUT2D eigenvalue weighted by Crippen LogP contribution is -2.33. The van der Waals surface area contributed by atoms with Crippen molar-refractivity contribution in [3.05, 3.63) is 23.8 Å². The molecule has 124 valence electrons. The van der Waals surface area contributed by atoms with Gasteiger partial charge in [-0.2, -0.15) is 0 Å². The molecule has 0 aliphatic carbocycles. The number of rotatable bonds is 8. The molecule has 0 bridgehead atoms. The third kappa shape index (κ3) is 4.99. The van der Waals surface area contributed by atoms with E-state index in [0.717, 1.165) is 5.56 Å². The highest BCUT2D eigenvalue weighted by Crippen LogP contribution is 2.24. The van der Waals surface area contributed by atoms with Crippen LogP contribution in [0.5, 0.6) is 5.75 Å². The van der Waals surface area contributed by atoms with E-state index in [2.05, 4.69) is 4.72 Å². The van der Waals surface area contributed by atoms with Crippen LogP contribution in [0.15, 0.2) is 23.1 Å². The van der Waals surface area contributed by atoms with Crippen LogP contribution in [-0.4, -0.2) is 33.1 Å². The van der Waals surface area contributed by atoms with Crippen LogP contribution in [0.25, 0.3) is 0 Å². The molecule has 0 aromatic heterocycles. The first-order chi connectivity index (χ1) is 10.2. The van der Waals surface area contributed by atoms with Gasteiger partial charge in [0.1, 0.15) is 10.6 Å². The van der Waals surface area contributed by atoms with Gasteiger partial charge in [0, 0.05) is 6.54 Å². The van der Waals surface area contributed by atoms with Gasteiger partial charge < -0.3 is 9.84 Å². The summed E-state index contributed by atoms with van der Waals surface area (Å²) in [7, 11) is -2.44. The highest BCUT2D eigenvalue weighted by Gasteiger charge is 2.24. The number of sulfonamides is 1. The largest absolute Gasteiger partial charge is 0.495 e. The molecule has 7 heteroatoms. The average Bonchev–Trinajstić information content (AvgIpc) is 2.42. The van der Waals surface area contributed by atoms with Gasteiger partial charge in [0.15, 0.2) is 0 Å². The molecule has 2 N–H and O–H groups in total. The highest BCUT2D eigenvalue weighted by molar-refractivity contribution is 7.89. The van der Waals surface area contributed by atoms with Gasteiger partial charge in [-0.05, 0) is 37.0 Å². The Balaban J connectivity index is 2.96. The van der Waals surface area contributed by atoms with Crippen molar-refractivity contribution in [1.29, 1.82) is 0 Å². The van der Waals surface area contributed by atoms with Crippen molar-refractivity contribution in [3.8, 4) is 5.75 Å². The van der Waals surface area contributed by atoms with Crippen LogP contribution in [0, 0.1) is 18.8 Å². The molecule has 1 rings (SSSR count). The van der Waals surface area contributed by atoms with Crippen molar-refractivity contribution in [2.75, 3.05) is 13.7 Å². The normalized spacial score (nSPS) is 13.1. The van der Waals surface area contributed by atoms with Crippen molar-refractivity contribution in [1.82, 2.24) is 4.72 Å². The van der Waals surface area contributed by atoms with Gasteiger partial charge in [-0.25, -0.2) is 13.1 Å². The Kier molecular flexibility index (Phi) is 6.37. The van der Waals surface area contributed by atoms with E-state index in [0.29, 0.717) is 6.42 Å². The van der Waals surface area contributed by atoms with E-state index in [-0.39, 0.29) is 23.1 Å². The van der Waals surface area contributed by atoms with Gasteiger partial charge in [-0.3, -0.25) is 4.79 Å². The van der Waals surface area contributed by atoms with Crippen molar-refractivity contribution >= 4 is 16.0 Å². The summed E-state index contributed by atoms with van der Waals surface area (Å²) < 4.78 is 32.2. The Morgan fingerprint density at radius 2 is 2.00 bits per heavy atom. The van der Waals surface area contributed by atoms with E-state index in [1.54, 1.807) is 19.1 Å². The molecule has 0 saturated carbocycles. The van der Waals surface area contributed by atoms with Crippen LogP contribution in [0.4, 0.5) is 0 Å². The van der Waals surface area contributed by atoms with E-state index in [1.807, 2.05) is 13.8 Å². The standard InChI is InChI=1S/C15H23NO5S/c1-10(2)7-12(15(17)18)9-16-22(19,20)14-8-11(3)5-6-13(14)21-4/h5-6,8,10,12,16H,7,9H2,1-4H3,(H,17,18). The van der Waals surface area contributed by atoms with Gasteiger partial charge in [0.05, 0.1) is 13.0 Å². The van der Waals surface area contributed by atoms with Gasteiger partial charge >= 0.3 is 5.97 Å². The topological polar surface area (TPSA) is 92.7 Å². The van der Waals surface area contributed by atoms with Gasteiger partial charge in [0.25, 0.3) is 0 Å². The summed E-state index contributed by atoms with van der Waals surface area (Å²) >= 11 is 0. The number of aliphatic carboxylic acids is 1. The van der Waals surface area contributed by atoms with Crippen LogP contribution in [0.2, 0.25) is 0 Å². The molecule has 6 nitrogen and oxygen atoms in total. The van der Waals surface area contributed by atoms with Crippen LogP contribution in [-0.2, 0) is 14.8 Å². The van der Waals surface area contributed by atoms with Crippen molar-refractivity contribution < 1.29 is 23.1 Å². The quantitative estimate of drug-likeness (QED) is 0.761. The predicted molar refractivity (Wildman–Crippen MR) is 83.5 cm³/mol. The first-order valence-corrected chi connectivity index (χ1v) is 8.52. The molecule has 0 radical (unpaired) electrons. The second-order valence-corrected chi connectivity index (χ2v) is 7.41. The summed E-state index contributed by atoms with van der Waals surface area (Å²) in [5.41, 5.74) is 0.776. The zero-order valence-corrected chi connectivity index (χ0v) is 14.1. The second kappa shape index (κ2) is 7.60. The highest BCUT2D eigenvalue weighted by atomic mass is 32.2. The number of methoxy groups -OCH3 is 1. The minimum Gasteiger partial charge on any atom is -0.495 e. The number of ether oxygens (including phenoxy) is 1. The number of carboxylic acids is 1. The molecule has 0 spiro atoms. The number of carbonyl (C=O) groups is 1. The van der Waals surface area contributed by atoms with Crippen molar-refractivity contribution in [2.45, 2.75) is 32.1 Å². The SMILES string of the molecule is COc1ccc(C)cc1S(=O)(=O)NCC(CC(C)C)C(=O)O. The maximum Gasteiger partial charge on any atom is 0.307 e. The van der Waals surface area contributed by atoms with E-state index in [9.17, 15) is 18.3 Å². The van der Waals surface area contributed by atoms with E-state index < -0.39 is 21.9 Å². The number of benzene rings is 1. The molecule has 0 aliphatic rings. The first-order valence-electron chi connectivity index (χ1n) is 7.04. The Labute approximate surface area is 131 Å². The first kappa shape index (κ1) is 18.4. The summed E-state index contributed by atoms with van der Waals surface area (Å²) in [6.45, 7) is 5.42. The average molecular weight is 329 g/mol. The molecule has 0 heterocycles. The van der Waals surface area contributed by atoms with Gasteiger partial charge in [-0.15, -0.1) is 0 Å². The molecule has 0 amide bonds. The molecule has 1 aromatic rings. The van der Waals surface area contributed by atoms with Crippen LogP contribution in [0.1, 0.15) is 25.8 Å². The van der Waals surface area contributed by atoms with E-state index in [4.69, 9.17) is 4.74 Å². The lowest BCUT2D eigenvalue weighted by Gasteiger charge is -2.16. The van der Waals surface area contributed by atoms with Gasteiger partial charge in [0.2, 0.25) is 10.0 Å².